The number of fused-ring (bicyclic) bond motifs is 2. The number of ether oxygens (including phenoxy) is 1. The van der Waals surface area contributed by atoms with Gasteiger partial charge in [0.25, 0.3) is 0 Å². The van der Waals surface area contributed by atoms with Crippen LogP contribution < -0.4 is 4.74 Å². The third-order valence-corrected chi connectivity index (χ3v) is 5.59. The molecule has 0 fully saturated rings. The molecular weight excluding hydrogens is 599 g/mol. The summed E-state index contributed by atoms with van der Waals surface area (Å²) in [5.74, 6) is 1.23. The van der Waals surface area contributed by atoms with Crippen molar-refractivity contribution in [1.82, 2.24) is 9.97 Å². The molecule has 0 unspecified atom stereocenters. The topological polar surface area (TPSA) is 35.0 Å². The number of rotatable bonds is 4. The number of hydrogen-bond acceptors (Lipinski definition) is 3. The molecule has 164 valence electrons. The van der Waals surface area contributed by atoms with Gasteiger partial charge in [0.1, 0.15) is 0 Å². The van der Waals surface area contributed by atoms with Gasteiger partial charge < -0.3 is 14.7 Å². The van der Waals surface area contributed by atoms with Gasteiger partial charge >= 0.3 is 21.1 Å². The maximum atomic E-state index is 6.14. The summed E-state index contributed by atoms with van der Waals surface area (Å²) in [7, 11) is 0. The average molecular weight is 618 g/mol. The Kier molecular flexibility index (Phi) is 6.20. The molecule has 4 aromatic carbocycles. The zero-order chi connectivity index (χ0) is 22.0. The van der Waals surface area contributed by atoms with Gasteiger partial charge in [-0.1, -0.05) is 66.7 Å². The van der Waals surface area contributed by atoms with Gasteiger partial charge in [-0.15, -0.1) is 47.5 Å². The molecule has 0 aliphatic heterocycles. The molecule has 34 heavy (non-hydrogen) atoms. The molecule has 2 aromatic heterocycles. The Bertz CT molecular complexity index is 1610. The van der Waals surface area contributed by atoms with E-state index < -0.39 is 0 Å². The molecule has 3 nitrogen and oxygen atoms in total. The second-order valence-corrected chi connectivity index (χ2v) is 7.76. The molecule has 0 spiro atoms. The van der Waals surface area contributed by atoms with Gasteiger partial charge in [-0.05, 0) is 39.0 Å². The van der Waals surface area contributed by atoms with Crippen LogP contribution in [0.25, 0.3) is 44.1 Å². The van der Waals surface area contributed by atoms with E-state index in [1.807, 2.05) is 79.1 Å². The fourth-order valence-corrected chi connectivity index (χ4v) is 3.99. The summed E-state index contributed by atoms with van der Waals surface area (Å²) in [6.45, 7) is 0. The van der Waals surface area contributed by atoms with E-state index in [0.29, 0.717) is 11.5 Å². The molecule has 0 N–H and O–H groups in total. The largest absolute Gasteiger partial charge is 2.00 e. The number of nitrogens with zero attached hydrogens (tertiary/aromatic N) is 2. The minimum atomic E-state index is 0. The van der Waals surface area contributed by atoms with Crippen LogP contribution in [0.5, 0.6) is 11.5 Å². The van der Waals surface area contributed by atoms with Gasteiger partial charge in [0.2, 0.25) is 0 Å². The first-order chi connectivity index (χ1) is 16.3. The number of hydrogen-bond donors (Lipinski definition) is 0. The Morgan fingerprint density at radius 1 is 0.588 bits per heavy atom. The van der Waals surface area contributed by atoms with Crippen molar-refractivity contribution >= 4 is 21.5 Å². The van der Waals surface area contributed by atoms with E-state index >= 15 is 0 Å². The van der Waals surface area contributed by atoms with Gasteiger partial charge in [-0.25, -0.2) is 0 Å². The first kappa shape index (κ1) is 22.0. The molecule has 4 heteroatoms. The summed E-state index contributed by atoms with van der Waals surface area (Å²) in [5.41, 5.74) is 3.51. The summed E-state index contributed by atoms with van der Waals surface area (Å²) in [4.78, 5) is 9.21. The summed E-state index contributed by atoms with van der Waals surface area (Å²) in [6, 6.07) is 38.9. The first-order valence-electron chi connectivity index (χ1n) is 10.8. The Hall–Kier alpha value is -3.81. The predicted molar refractivity (Wildman–Crippen MR) is 132 cm³/mol. The molecule has 0 aliphatic rings. The quantitative estimate of drug-likeness (QED) is 0.192. The molecule has 6 rings (SSSR count). The van der Waals surface area contributed by atoms with Crippen LogP contribution in [0.1, 0.15) is 0 Å². The molecule has 6 aromatic rings. The van der Waals surface area contributed by atoms with Crippen LogP contribution in [0.15, 0.2) is 109 Å². The van der Waals surface area contributed by atoms with Crippen LogP contribution in [0.2, 0.25) is 0 Å². The van der Waals surface area contributed by atoms with Crippen LogP contribution >= 0.6 is 0 Å². The standard InChI is InChI=1S/C30H18N2O.Pt/c1-2-9-25-20-32-29(19-22(25)8-1)23-10-5-12-26(17-23)33-27-13-6-11-24(18-27)30-28-14-4-3-7-21(28)15-16-31-30;/h1-16,19-20H;/q-2;+2. The SMILES string of the molecule is [Pt+2].[c-]1c(Oc2[c-]c(-c3nccc4ccccc34)ccc2)cccc1-c1cc2ccccc2cn1. The van der Waals surface area contributed by atoms with E-state index in [1.54, 1.807) is 0 Å². The zero-order valence-corrected chi connectivity index (χ0v) is 20.3. The van der Waals surface area contributed by atoms with E-state index in [4.69, 9.17) is 4.74 Å². The Labute approximate surface area is 212 Å². The second-order valence-electron chi connectivity index (χ2n) is 7.76. The van der Waals surface area contributed by atoms with E-state index in [-0.39, 0.29) is 21.1 Å². The molecule has 0 aliphatic carbocycles. The van der Waals surface area contributed by atoms with E-state index in [1.165, 1.54) is 0 Å². The van der Waals surface area contributed by atoms with Crippen molar-refractivity contribution < 1.29 is 25.8 Å². The molecular formula is C30H18N2OPt. The molecule has 0 saturated heterocycles. The van der Waals surface area contributed by atoms with Crippen molar-refractivity contribution in [3.8, 4) is 34.0 Å². The fourth-order valence-electron chi connectivity index (χ4n) is 3.99. The summed E-state index contributed by atoms with van der Waals surface area (Å²) < 4.78 is 6.14. The molecule has 0 bridgehead atoms. The van der Waals surface area contributed by atoms with E-state index in [2.05, 4.69) is 52.4 Å². The van der Waals surface area contributed by atoms with Gasteiger partial charge in [0.05, 0.1) is 0 Å². The van der Waals surface area contributed by atoms with Crippen molar-refractivity contribution in [2.24, 2.45) is 0 Å². The maximum Gasteiger partial charge on any atom is 2.00 e. The smallest absolute Gasteiger partial charge is 0.497 e. The third kappa shape index (κ3) is 4.35. The van der Waals surface area contributed by atoms with Gasteiger partial charge in [-0.3, -0.25) is 0 Å². The maximum absolute atomic E-state index is 6.14. The van der Waals surface area contributed by atoms with E-state index in [0.717, 1.165) is 44.1 Å². The van der Waals surface area contributed by atoms with Crippen LogP contribution in [0.3, 0.4) is 0 Å². The molecule has 2 heterocycles. The monoisotopic (exact) mass is 617 g/mol. The van der Waals surface area contributed by atoms with Crippen LogP contribution in [-0.2, 0) is 21.1 Å². The summed E-state index contributed by atoms with van der Waals surface area (Å²) in [6.07, 6.45) is 3.72. The van der Waals surface area contributed by atoms with Crippen molar-refractivity contribution in [2.45, 2.75) is 0 Å². The molecule has 0 radical (unpaired) electrons. The van der Waals surface area contributed by atoms with Gasteiger partial charge in [0.15, 0.2) is 0 Å². The normalized spacial score (nSPS) is 10.7. The number of pyridine rings is 2. The Balaban J connectivity index is 0.00000241. The van der Waals surface area contributed by atoms with Gasteiger partial charge in [-0.2, -0.15) is 0 Å². The average Bonchev–Trinajstić information content (AvgIpc) is 2.88. The number of aromatic nitrogens is 2. The first-order valence-corrected chi connectivity index (χ1v) is 10.8. The summed E-state index contributed by atoms with van der Waals surface area (Å²) in [5, 5.41) is 4.49. The van der Waals surface area contributed by atoms with Crippen LogP contribution in [0.4, 0.5) is 0 Å². The minimum Gasteiger partial charge on any atom is -0.497 e. The van der Waals surface area contributed by atoms with Crippen molar-refractivity contribution in [2.75, 3.05) is 0 Å². The minimum absolute atomic E-state index is 0. The zero-order valence-electron chi connectivity index (χ0n) is 18.0. The second kappa shape index (κ2) is 9.59. The fraction of sp³-hybridized carbons (Fsp3) is 0. The van der Waals surface area contributed by atoms with Crippen molar-refractivity contribution in [1.29, 1.82) is 0 Å². The molecule has 0 amide bonds. The van der Waals surface area contributed by atoms with E-state index in [9.17, 15) is 0 Å². The van der Waals surface area contributed by atoms with Crippen molar-refractivity contribution in [3.05, 3.63) is 122 Å². The van der Waals surface area contributed by atoms with Crippen molar-refractivity contribution in [3.63, 3.8) is 0 Å². The molecule has 0 atom stereocenters. The molecule has 0 saturated carbocycles. The van der Waals surface area contributed by atoms with Crippen LogP contribution in [-0.4, -0.2) is 9.97 Å². The summed E-state index contributed by atoms with van der Waals surface area (Å²) >= 11 is 0. The predicted octanol–water partition coefficient (Wildman–Crippen LogP) is 7.51. The number of benzene rings is 4. The third-order valence-electron chi connectivity index (χ3n) is 5.59. The van der Waals surface area contributed by atoms with Gasteiger partial charge in [0, 0.05) is 23.9 Å². The van der Waals surface area contributed by atoms with Crippen LogP contribution in [0, 0.1) is 12.1 Å². The Morgan fingerprint density at radius 3 is 2.09 bits per heavy atom. The Morgan fingerprint density at radius 2 is 1.26 bits per heavy atom.